The van der Waals surface area contributed by atoms with Gasteiger partial charge in [0.2, 0.25) is 0 Å². The second kappa shape index (κ2) is 8.15. The first kappa shape index (κ1) is 16.8. The van der Waals surface area contributed by atoms with E-state index in [2.05, 4.69) is 15.9 Å². The highest BCUT2D eigenvalue weighted by molar-refractivity contribution is 9.10. The van der Waals surface area contributed by atoms with Crippen LogP contribution in [0.25, 0.3) is 0 Å². The van der Waals surface area contributed by atoms with E-state index in [0.717, 1.165) is 21.5 Å². The average Bonchev–Trinajstić information content (AvgIpc) is 2.42. The van der Waals surface area contributed by atoms with Crippen LogP contribution in [0.5, 0.6) is 5.75 Å². The van der Waals surface area contributed by atoms with Crippen molar-refractivity contribution in [2.75, 3.05) is 11.6 Å². The number of rotatable bonds is 5. The van der Waals surface area contributed by atoms with Crippen LogP contribution in [0.15, 0.2) is 53.0 Å². The smallest absolute Gasteiger partial charge is 0.143 e. The summed E-state index contributed by atoms with van der Waals surface area (Å²) < 4.78 is 6.65. The fraction of sp³-hybridized carbons (Fsp3) is 0.200. The van der Waals surface area contributed by atoms with Crippen molar-refractivity contribution < 1.29 is 4.74 Å². The number of nitrogens with two attached hydrogens (primary N) is 1. The summed E-state index contributed by atoms with van der Waals surface area (Å²) in [6, 6.07) is 15.9. The molecular formula is C15H18BrClN2O. The molecule has 0 saturated heterocycles. The molecule has 0 heterocycles. The van der Waals surface area contributed by atoms with E-state index >= 15 is 0 Å². The molecule has 2 aromatic rings. The maximum Gasteiger partial charge on any atom is 0.143 e. The third-order valence-electron chi connectivity index (χ3n) is 2.74. The Labute approximate surface area is 134 Å². The zero-order chi connectivity index (χ0) is 13.7. The SMILES string of the molecule is CCOc1ccccc1N(N)Cc1ccc(Br)cc1.Cl. The highest BCUT2D eigenvalue weighted by Gasteiger charge is 2.08. The Bertz CT molecular complexity index is 534. The molecule has 0 bridgehead atoms. The molecule has 0 aliphatic heterocycles. The fourth-order valence-corrected chi connectivity index (χ4v) is 2.11. The second-order valence-electron chi connectivity index (χ2n) is 4.16. The van der Waals surface area contributed by atoms with E-state index in [1.165, 1.54) is 0 Å². The molecule has 0 saturated carbocycles. The zero-order valence-electron chi connectivity index (χ0n) is 11.3. The summed E-state index contributed by atoms with van der Waals surface area (Å²) >= 11 is 3.42. The van der Waals surface area contributed by atoms with E-state index in [0.29, 0.717) is 13.2 Å². The van der Waals surface area contributed by atoms with Gasteiger partial charge in [0, 0.05) is 4.47 Å². The quantitative estimate of drug-likeness (QED) is 0.645. The Kier molecular flexibility index (Phi) is 6.85. The lowest BCUT2D eigenvalue weighted by molar-refractivity contribution is 0.340. The van der Waals surface area contributed by atoms with Crippen LogP contribution in [0.4, 0.5) is 5.69 Å². The van der Waals surface area contributed by atoms with E-state index < -0.39 is 0 Å². The van der Waals surface area contributed by atoms with Crippen molar-refractivity contribution >= 4 is 34.0 Å². The summed E-state index contributed by atoms with van der Waals surface area (Å²) in [7, 11) is 0. The molecule has 108 valence electrons. The van der Waals surface area contributed by atoms with Gasteiger partial charge in [-0.25, -0.2) is 5.84 Å². The monoisotopic (exact) mass is 356 g/mol. The van der Waals surface area contributed by atoms with Crippen molar-refractivity contribution in [1.29, 1.82) is 0 Å². The van der Waals surface area contributed by atoms with Gasteiger partial charge in [-0.15, -0.1) is 12.4 Å². The van der Waals surface area contributed by atoms with Gasteiger partial charge in [0.1, 0.15) is 5.75 Å². The Morgan fingerprint density at radius 3 is 2.40 bits per heavy atom. The van der Waals surface area contributed by atoms with Gasteiger partial charge < -0.3 is 9.75 Å². The fourth-order valence-electron chi connectivity index (χ4n) is 1.84. The molecule has 20 heavy (non-hydrogen) atoms. The Balaban J connectivity index is 0.00000200. The van der Waals surface area contributed by atoms with Gasteiger partial charge in [-0.05, 0) is 36.8 Å². The maximum atomic E-state index is 6.14. The normalized spacial score (nSPS) is 9.75. The van der Waals surface area contributed by atoms with Gasteiger partial charge in [-0.3, -0.25) is 0 Å². The number of hydrazine groups is 1. The van der Waals surface area contributed by atoms with E-state index in [4.69, 9.17) is 10.6 Å². The first-order valence-electron chi connectivity index (χ1n) is 6.19. The minimum atomic E-state index is 0. The number of nitrogens with zero attached hydrogens (tertiary/aromatic N) is 1. The van der Waals surface area contributed by atoms with Crippen LogP contribution in [0.1, 0.15) is 12.5 Å². The summed E-state index contributed by atoms with van der Waals surface area (Å²) in [6.07, 6.45) is 0. The van der Waals surface area contributed by atoms with Crippen molar-refractivity contribution in [3.63, 3.8) is 0 Å². The van der Waals surface area contributed by atoms with Crippen molar-refractivity contribution in [3.05, 3.63) is 58.6 Å². The van der Waals surface area contributed by atoms with E-state index in [1.54, 1.807) is 5.01 Å². The highest BCUT2D eigenvalue weighted by atomic mass is 79.9. The van der Waals surface area contributed by atoms with Crippen LogP contribution in [-0.4, -0.2) is 6.61 Å². The van der Waals surface area contributed by atoms with Crippen LogP contribution in [0.3, 0.4) is 0 Å². The van der Waals surface area contributed by atoms with Gasteiger partial charge in [-0.2, -0.15) is 0 Å². The molecule has 0 fully saturated rings. The molecule has 0 aromatic heterocycles. The third kappa shape index (κ3) is 4.40. The van der Waals surface area contributed by atoms with Crippen LogP contribution < -0.4 is 15.6 Å². The van der Waals surface area contributed by atoms with Crippen LogP contribution in [-0.2, 0) is 6.54 Å². The standard InChI is InChI=1S/C15H17BrN2O.ClH/c1-2-19-15-6-4-3-5-14(15)18(17)11-12-7-9-13(16)10-8-12;/h3-10H,2,11,17H2,1H3;1H. The third-order valence-corrected chi connectivity index (χ3v) is 3.27. The topological polar surface area (TPSA) is 38.5 Å². The number of halogens is 2. The first-order valence-corrected chi connectivity index (χ1v) is 6.98. The van der Waals surface area contributed by atoms with Crippen molar-refractivity contribution in [2.45, 2.75) is 13.5 Å². The van der Waals surface area contributed by atoms with Gasteiger partial charge in [0.15, 0.2) is 0 Å². The van der Waals surface area contributed by atoms with Gasteiger partial charge in [-0.1, -0.05) is 40.2 Å². The first-order chi connectivity index (χ1) is 9.20. The number of hydrogen-bond donors (Lipinski definition) is 1. The predicted molar refractivity (Wildman–Crippen MR) is 89.4 cm³/mol. The molecule has 0 atom stereocenters. The molecule has 0 unspecified atom stereocenters. The van der Waals surface area contributed by atoms with Gasteiger partial charge in [0.05, 0.1) is 18.8 Å². The van der Waals surface area contributed by atoms with E-state index in [9.17, 15) is 0 Å². The molecule has 3 nitrogen and oxygen atoms in total. The lowest BCUT2D eigenvalue weighted by Gasteiger charge is -2.21. The molecule has 2 aromatic carbocycles. The van der Waals surface area contributed by atoms with E-state index in [1.807, 2.05) is 55.5 Å². The number of hydrogen-bond acceptors (Lipinski definition) is 3. The Morgan fingerprint density at radius 2 is 1.75 bits per heavy atom. The van der Waals surface area contributed by atoms with E-state index in [-0.39, 0.29) is 12.4 Å². The largest absolute Gasteiger partial charge is 0.492 e. The molecule has 2 rings (SSSR count). The summed E-state index contributed by atoms with van der Waals surface area (Å²) in [6.45, 7) is 3.23. The lowest BCUT2D eigenvalue weighted by Crippen LogP contribution is -2.30. The minimum Gasteiger partial charge on any atom is -0.492 e. The number of benzene rings is 2. The van der Waals surface area contributed by atoms with Gasteiger partial charge >= 0.3 is 0 Å². The average molecular weight is 358 g/mol. The van der Waals surface area contributed by atoms with Gasteiger partial charge in [0.25, 0.3) is 0 Å². The maximum absolute atomic E-state index is 6.14. The second-order valence-corrected chi connectivity index (χ2v) is 5.07. The summed E-state index contributed by atoms with van der Waals surface area (Å²) in [5.74, 6) is 6.95. The van der Waals surface area contributed by atoms with Crippen molar-refractivity contribution in [3.8, 4) is 5.75 Å². The number of para-hydroxylation sites is 2. The van der Waals surface area contributed by atoms with Crippen LogP contribution in [0.2, 0.25) is 0 Å². The molecule has 0 aliphatic carbocycles. The summed E-state index contributed by atoms with van der Waals surface area (Å²) in [5, 5.41) is 1.70. The molecular weight excluding hydrogens is 340 g/mol. The van der Waals surface area contributed by atoms with Crippen LogP contribution in [0, 0.1) is 0 Å². The summed E-state index contributed by atoms with van der Waals surface area (Å²) in [4.78, 5) is 0. The van der Waals surface area contributed by atoms with Crippen molar-refractivity contribution in [1.82, 2.24) is 0 Å². The molecule has 0 radical (unpaired) electrons. The summed E-state index contributed by atoms with van der Waals surface area (Å²) in [5.41, 5.74) is 2.05. The molecule has 0 aliphatic rings. The molecule has 0 spiro atoms. The minimum absolute atomic E-state index is 0. The van der Waals surface area contributed by atoms with Crippen molar-refractivity contribution in [2.24, 2.45) is 5.84 Å². The zero-order valence-corrected chi connectivity index (χ0v) is 13.7. The highest BCUT2D eigenvalue weighted by Crippen LogP contribution is 2.27. The molecule has 2 N–H and O–H groups in total. The lowest BCUT2D eigenvalue weighted by atomic mass is 10.2. The molecule has 0 amide bonds. The molecule has 5 heteroatoms. The van der Waals surface area contributed by atoms with Crippen LogP contribution >= 0.6 is 28.3 Å². The number of ether oxygens (including phenoxy) is 1. The number of anilines is 1. The Hall–Kier alpha value is -1.23. The predicted octanol–water partition coefficient (Wildman–Crippen LogP) is 4.15. The Morgan fingerprint density at radius 1 is 1.10 bits per heavy atom.